The predicted molar refractivity (Wildman–Crippen MR) is 98.0 cm³/mol. The second-order valence-electron chi connectivity index (χ2n) is 5.44. The maximum Gasteiger partial charge on any atom is 0.220 e. The van der Waals surface area contributed by atoms with Gasteiger partial charge in [-0.25, -0.2) is 0 Å². The Kier molecular flexibility index (Phi) is 9.27. The van der Waals surface area contributed by atoms with Gasteiger partial charge in [0.05, 0.1) is 0 Å². The summed E-state index contributed by atoms with van der Waals surface area (Å²) in [5.74, 6) is 0.216. The molecule has 0 aliphatic carbocycles. The normalized spacial score (nSPS) is 17.3. The van der Waals surface area contributed by atoms with E-state index in [0.717, 1.165) is 38.8 Å². The van der Waals surface area contributed by atoms with Crippen LogP contribution in [0.15, 0.2) is 24.3 Å². The van der Waals surface area contributed by atoms with E-state index < -0.39 is 0 Å². The van der Waals surface area contributed by atoms with Gasteiger partial charge in [-0.2, -0.15) is 0 Å². The zero-order valence-electron chi connectivity index (χ0n) is 12.2. The van der Waals surface area contributed by atoms with Crippen LogP contribution in [0.5, 0.6) is 0 Å². The van der Waals surface area contributed by atoms with Gasteiger partial charge in [0, 0.05) is 22.6 Å². The van der Waals surface area contributed by atoms with Crippen molar-refractivity contribution in [3.8, 4) is 0 Å². The maximum atomic E-state index is 11.7. The van der Waals surface area contributed by atoms with Gasteiger partial charge in [0.1, 0.15) is 0 Å². The van der Waals surface area contributed by atoms with Crippen LogP contribution in [0.4, 0.5) is 0 Å². The van der Waals surface area contributed by atoms with Crippen LogP contribution >= 0.6 is 35.0 Å². The first-order chi connectivity index (χ1) is 9.74. The number of carbonyl (C=O) groups is 1. The summed E-state index contributed by atoms with van der Waals surface area (Å²) in [7, 11) is 0. The minimum absolute atomic E-state index is 0. The fourth-order valence-electron chi connectivity index (χ4n) is 2.52. The van der Waals surface area contributed by atoms with E-state index in [1.54, 1.807) is 0 Å². The van der Waals surface area contributed by atoms with Gasteiger partial charge < -0.3 is 10.6 Å². The topological polar surface area (TPSA) is 41.1 Å². The number of carbonyl (C=O) groups excluding carboxylic acids is 1. The summed E-state index contributed by atoms with van der Waals surface area (Å²) in [6.07, 6.45) is 6.14. The third-order valence-corrected chi connectivity index (χ3v) is 4.43. The average Bonchev–Trinajstić information content (AvgIpc) is 2.93. The molecule has 5 heteroatoms. The number of halogens is 2. The first kappa shape index (κ1) is 18.7. The molecule has 1 saturated heterocycles. The molecule has 1 aliphatic rings. The molecule has 1 aromatic rings. The van der Waals surface area contributed by atoms with Gasteiger partial charge in [0.2, 0.25) is 5.91 Å². The molecule has 1 aliphatic heterocycles. The minimum Gasteiger partial charge on any atom is -0.352 e. The molecule has 118 valence electrons. The van der Waals surface area contributed by atoms with E-state index in [9.17, 15) is 4.79 Å². The molecule has 2 rings (SSSR count). The largest absolute Gasteiger partial charge is 0.352 e. The third-order valence-electron chi connectivity index (χ3n) is 3.71. The number of unbranched alkanes of at least 4 members (excludes halogenated alkanes) is 2. The fourth-order valence-corrected chi connectivity index (χ4v) is 2.88. The van der Waals surface area contributed by atoms with E-state index in [4.69, 9.17) is 0 Å². The van der Waals surface area contributed by atoms with Gasteiger partial charge in [-0.05, 0) is 72.5 Å². The monoisotopic (exact) mass is 422 g/mol. The van der Waals surface area contributed by atoms with Crippen LogP contribution in [0, 0.1) is 3.57 Å². The lowest BCUT2D eigenvalue weighted by Gasteiger charge is -2.10. The molecule has 3 nitrogen and oxygen atoms in total. The average molecular weight is 423 g/mol. The lowest BCUT2D eigenvalue weighted by molar-refractivity contribution is -0.121. The molecule has 1 atom stereocenters. The smallest absolute Gasteiger partial charge is 0.220 e. The standard InChI is InChI=1S/C16H23IN2O.ClH/c17-14-8-6-13(7-9-14)4-2-1-3-5-16(20)19-15-10-11-18-12-15;/h6-9,15,18H,1-5,10-12H2,(H,19,20);1H. The van der Waals surface area contributed by atoms with Crippen molar-refractivity contribution in [2.24, 2.45) is 0 Å². The minimum atomic E-state index is 0. The van der Waals surface area contributed by atoms with Crippen molar-refractivity contribution in [2.45, 2.75) is 44.6 Å². The van der Waals surface area contributed by atoms with E-state index in [1.165, 1.54) is 15.6 Å². The summed E-state index contributed by atoms with van der Waals surface area (Å²) >= 11 is 2.33. The Morgan fingerprint density at radius 2 is 2.00 bits per heavy atom. The number of amides is 1. The molecule has 0 radical (unpaired) electrons. The molecule has 0 saturated carbocycles. The van der Waals surface area contributed by atoms with Gasteiger partial charge in [0.15, 0.2) is 0 Å². The van der Waals surface area contributed by atoms with Gasteiger partial charge in [-0.3, -0.25) is 4.79 Å². The molecule has 1 unspecified atom stereocenters. The van der Waals surface area contributed by atoms with Crippen LogP contribution in [0.1, 0.15) is 37.7 Å². The van der Waals surface area contributed by atoms with Crippen molar-refractivity contribution in [1.82, 2.24) is 10.6 Å². The van der Waals surface area contributed by atoms with E-state index in [1.807, 2.05) is 0 Å². The summed E-state index contributed by atoms with van der Waals surface area (Å²) in [5.41, 5.74) is 1.40. The Balaban J connectivity index is 0.00000220. The van der Waals surface area contributed by atoms with Crippen LogP contribution in [-0.2, 0) is 11.2 Å². The van der Waals surface area contributed by atoms with Crippen molar-refractivity contribution < 1.29 is 4.79 Å². The van der Waals surface area contributed by atoms with Crippen molar-refractivity contribution in [3.05, 3.63) is 33.4 Å². The molecular weight excluding hydrogens is 399 g/mol. The van der Waals surface area contributed by atoms with Gasteiger partial charge in [-0.15, -0.1) is 12.4 Å². The summed E-state index contributed by atoms with van der Waals surface area (Å²) in [6.45, 7) is 1.96. The highest BCUT2D eigenvalue weighted by molar-refractivity contribution is 14.1. The quantitative estimate of drug-likeness (QED) is 0.523. The molecule has 1 aromatic carbocycles. The van der Waals surface area contributed by atoms with Gasteiger partial charge in [0.25, 0.3) is 0 Å². The third kappa shape index (κ3) is 7.47. The number of hydrogen-bond donors (Lipinski definition) is 2. The Morgan fingerprint density at radius 3 is 2.67 bits per heavy atom. The summed E-state index contributed by atoms with van der Waals surface area (Å²) in [5, 5.41) is 6.35. The van der Waals surface area contributed by atoms with E-state index in [0.29, 0.717) is 12.5 Å². The first-order valence-corrected chi connectivity index (χ1v) is 8.56. The van der Waals surface area contributed by atoms with Crippen LogP contribution in [0.2, 0.25) is 0 Å². The zero-order valence-corrected chi connectivity index (χ0v) is 15.2. The molecule has 0 bridgehead atoms. The van der Waals surface area contributed by atoms with Crippen LogP contribution in [0.3, 0.4) is 0 Å². The van der Waals surface area contributed by atoms with E-state index >= 15 is 0 Å². The van der Waals surface area contributed by atoms with Crippen molar-refractivity contribution >= 4 is 40.9 Å². The number of aryl methyl sites for hydroxylation is 1. The number of rotatable bonds is 7. The van der Waals surface area contributed by atoms with Crippen LogP contribution in [-0.4, -0.2) is 25.0 Å². The highest BCUT2D eigenvalue weighted by Crippen LogP contribution is 2.11. The van der Waals surface area contributed by atoms with Crippen LogP contribution < -0.4 is 10.6 Å². The lowest BCUT2D eigenvalue weighted by Crippen LogP contribution is -2.35. The highest BCUT2D eigenvalue weighted by Gasteiger charge is 2.15. The van der Waals surface area contributed by atoms with Gasteiger partial charge >= 0.3 is 0 Å². The first-order valence-electron chi connectivity index (χ1n) is 7.48. The molecule has 1 heterocycles. The molecule has 0 spiro atoms. The molecule has 1 amide bonds. The zero-order chi connectivity index (χ0) is 14.2. The van der Waals surface area contributed by atoms with E-state index in [2.05, 4.69) is 57.5 Å². The number of nitrogens with one attached hydrogen (secondary N) is 2. The van der Waals surface area contributed by atoms with Crippen LogP contribution in [0.25, 0.3) is 0 Å². The van der Waals surface area contributed by atoms with Gasteiger partial charge in [-0.1, -0.05) is 18.6 Å². The lowest BCUT2D eigenvalue weighted by atomic mass is 10.1. The maximum absolute atomic E-state index is 11.7. The second-order valence-corrected chi connectivity index (χ2v) is 6.69. The second kappa shape index (κ2) is 10.4. The van der Waals surface area contributed by atoms with Crippen molar-refractivity contribution in [1.29, 1.82) is 0 Å². The predicted octanol–water partition coefficient (Wildman–Crippen LogP) is 3.29. The summed E-state index contributed by atoms with van der Waals surface area (Å²) in [4.78, 5) is 11.7. The molecule has 21 heavy (non-hydrogen) atoms. The molecule has 0 aromatic heterocycles. The molecular formula is C16H24ClIN2O. The Labute approximate surface area is 147 Å². The SMILES string of the molecule is Cl.O=C(CCCCCc1ccc(I)cc1)NC1CCNC1. The Bertz CT molecular complexity index is 419. The summed E-state index contributed by atoms with van der Waals surface area (Å²) < 4.78 is 1.28. The van der Waals surface area contributed by atoms with Crippen molar-refractivity contribution in [3.63, 3.8) is 0 Å². The molecule has 1 fully saturated rings. The Morgan fingerprint density at radius 1 is 1.24 bits per heavy atom. The Hall–Kier alpha value is -0.330. The molecule has 2 N–H and O–H groups in total. The number of benzene rings is 1. The number of hydrogen-bond acceptors (Lipinski definition) is 2. The highest BCUT2D eigenvalue weighted by atomic mass is 127. The van der Waals surface area contributed by atoms with Crippen molar-refractivity contribution in [2.75, 3.05) is 13.1 Å². The summed E-state index contributed by atoms with van der Waals surface area (Å²) in [6, 6.07) is 9.05. The van der Waals surface area contributed by atoms with E-state index in [-0.39, 0.29) is 18.3 Å². The fraction of sp³-hybridized carbons (Fsp3) is 0.562.